The van der Waals surface area contributed by atoms with Gasteiger partial charge < -0.3 is 0 Å². The SMILES string of the molecule is O=C([N]CCc1ccccc1)c1ccccc1. The molecule has 0 aromatic heterocycles. The van der Waals surface area contributed by atoms with Crippen molar-refractivity contribution in [3.63, 3.8) is 0 Å². The van der Waals surface area contributed by atoms with E-state index in [4.69, 9.17) is 0 Å². The molecule has 17 heavy (non-hydrogen) atoms. The van der Waals surface area contributed by atoms with E-state index in [1.807, 2.05) is 48.5 Å². The highest BCUT2D eigenvalue weighted by molar-refractivity contribution is 5.93. The molecular formula is C15H14NO. The van der Waals surface area contributed by atoms with Crippen LogP contribution in [-0.4, -0.2) is 12.5 Å². The predicted molar refractivity (Wildman–Crippen MR) is 67.9 cm³/mol. The highest BCUT2D eigenvalue weighted by Crippen LogP contribution is 2.01. The molecule has 0 aliphatic rings. The maximum atomic E-state index is 11.7. The summed E-state index contributed by atoms with van der Waals surface area (Å²) in [7, 11) is 0. The number of nitrogens with zero attached hydrogens (tertiary/aromatic N) is 1. The fraction of sp³-hybridized carbons (Fsp3) is 0.133. The molecule has 0 fully saturated rings. The Bertz CT molecular complexity index is 465. The molecule has 2 heteroatoms. The molecule has 0 unspecified atom stereocenters. The van der Waals surface area contributed by atoms with Crippen molar-refractivity contribution in [3.05, 3.63) is 71.8 Å². The van der Waals surface area contributed by atoms with Gasteiger partial charge in [-0.15, -0.1) is 0 Å². The molecule has 0 aliphatic carbocycles. The molecule has 0 spiro atoms. The average Bonchev–Trinajstić information content (AvgIpc) is 2.41. The summed E-state index contributed by atoms with van der Waals surface area (Å²) in [5.74, 6) is -0.137. The zero-order valence-electron chi connectivity index (χ0n) is 9.54. The Labute approximate surface area is 101 Å². The van der Waals surface area contributed by atoms with E-state index in [0.717, 1.165) is 6.42 Å². The summed E-state index contributed by atoms with van der Waals surface area (Å²) in [4.78, 5) is 11.7. The summed E-state index contributed by atoms with van der Waals surface area (Å²) >= 11 is 0. The molecule has 0 aliphatic heterocycles. The van der Waals surface area contributed by atoms with E-state index in [2.05, 4.69) is 5.32 Å². The first-order valence-corrected chi connectivity index (χ1v) is 5.67. The second-order valence-electron chi connectivity index (χ2n) is 3.79. The lowest BCUT2D eigenvalue weighted by Crippen LogP contribution is -2.18. The molecule has 0 atom stereocenters. The monoisotopic (exact) mass is 224 g/mol. The Hall–Kier alpha value is -2.09. The van der Waals surface area contributed by atoms with Crippen LogP contribution in [-0.2, 0) is 6.42 Å². The lowest BCUT2D eigenvalue weighted by molar-refractivity contribution is 0.0949. The van der Waals surface area contributed by atoms with Crippen LogP contribution in [0.1, 0.15) is 15.9 Å². The lowest BCUT2D eigenvalue weighted by Gasteiger charge is -2.02. The van der Waals surface area contributed by atoms with E-state index < -0.39 is 0 Å². The van der Waals surface area contributed by atoms with E-state index in [9.17, 15) is 4.79 Å². The lowest BCUT2D eigenvalue weighted by atomic mass is 10.1. The molecule has 2 rings (SSSR count). The van der Waals surface area contributed by atoms with Crippen molar-refractivity contribution in [2.24, 2.45) is 0 Å². The predicted octanol–water partition coefficient (Wildman–Crippen LogP) is 2.67. The smallest absolute Gasteiger partial charge is 0.267 e. The molecule has 2 aromatic carbocycles. The first-order valence-electron chi connectivity index (χ1n) is 5.67. The molecule has 0 saturated carbocycles. The second kappa shape index (κ2) is 5.85. The Morgan fingerprint density at radius 1 is 0.882 bits per heavy atom. The Kier molecular flexibility index (Phi) is 3.92. The minimum Gasteiger partial charge on any atom is -0.267 e. The third-order valence-electron chi connectivity index (χ3n) is 2.52. The zero-order valence-corrected chi connectivity index (χ0v) is 9.54. The number of benzene rings is 2. The van der Waals surface area contributed by atoms with Crippen molar-refractivity contribution in [1.82, 2.24) is 5.32 Å². The maximum absolute atomic E-state index is 11.7. The van der Waals surface area contributed by atoms with E-state index in [0.29, 0.717) is 12.1 Å². The minimum atomic E-state index is -0.137. The number of carbonyl (C=O) groups excluding carboxylic acids is 1. The molecule has 0 heterocycles. The first kappa shape index (κ1) is 11.4. The molecule has 0 saturated heterocycles. The second-order valence-corrected chi connectivity index (χ2v) is 3.79. The fourth-order valence-electron chi connectivity index (χ4n) is 1.60. The maximum Gasteiger partial charge on any atom is 0.272 e. The van der Waals surface area contributed by atoms with Crippen molar-refractivity contribution in [2.75, 3.05) is 6.54 Å². The van der Waals surface area contributed by atoms with Crippen LogP contribution >= 0.6 is 0 Å². The standard InChI is InChI=1S/C15H14NO/c17-15(14-9-5-2-6-10-14)16-12-11-13-7-3-1-4-8-13/h1-10H,11-12H2. The van der Waals surface area contributed by atoms with E-state index >= 15 is 0 Å². The summed E-state index contributed by atoms with van der Waals surface area (Å²) in [5.41, 5.74) is 1.86. The number of carbonyl (C=O) groups is 1. The minimum absolute atomic E-state index is 0.137. The van der Waals surface area contributed by atoms with Crippen LogP contribution in [0, 0.1) is 0 Å². The van der Waals surface area contributed by atoms with Gasteiger partial charge in [0.2, 0.25) is 0 Å². The van der Waals surface area contributed by atoms with Gasteiger partial charge in [0.15, 0.2) is 0 Å². The van der Waals surface area contributed by atoms with Gasteiger partial charge in [0.25, 0.3) is 5.91 Å². The summed E-state index contributed by atoms with van der Waals surface area (Å²) < 4.78 is 0. The Morgan fingerprint density at radius 2 is 1.47 bits per heavy atom. The van der Waals surface area contributed by atoms with Gasteiger partial charge in [-0.1, -0.05) is 48.5 Å². The number of amides is 1. The largest absolute Gasteiger partial charge is 0.272 e. The molecule has 2 aromatic rings. The highest BCUT2D eigenvalue weighted by atomic mass is 16.1. The van der Waals surface area contributed by atoms with Crippen molar-refractivity contribution < 1.29 is 4.79 Å². The van der Waals surface area contributed by atoms with Crippen molar-refractivity contribution in [1.29, 1.82) is 0 Å². The van der Waals surface area contributed by atoms with Gasteiger partial charge in [-0.05, 0) is 24.1 Å². The fourth-order valence-corrected chi connectivity index (χ4v) is 1.60. The van der Waals surface area contributed by atoms with Crippen molar-refractivity contribution in [2.45, 2.75) is 6.42 Å². The van der Waals surface area contributed by atoms with Gasteiger partial charge in [0.1, 0.15) is 0 Å². The Morgan fingerprint density at radius 3 is 2.12 bits per heavy atom. The zero-order chi connectivity index (χ0) is 11.9. The van der Waals surface area contributed by atoms with Crippen LogP contribution in [0.25, 0.3) is 0 Å². The van der Waals surface area contributed by atoms with Gasteiger partial charge in [-0.2, -0.15) is 0 Å². The van der Waals surface area contributed by atoms with Gasteiger partial charge in [0, 0.05) is 12.1 Å². The Balaban J connectivity index is 1.82. The van der Waals surface area contributed by atoms with Crippen molar-refractivity contribution in [3.8, 4) is 0 Å². The third kappa shape index (κ3) is 3.45. The van der Waals surface area contributed by atoms with Crippen LogP contribution in [0.4, 0.5) is 0 Å². The molecular weight excluding hydrogens is 210 g/mol. The summed E-state index contributed by atoms with van der Waals surface area (Å²) in [6.07, 6.45) is 0.805. The van der Waals surface area contributed by atoms with Gasteiger partial charge >= 0.3 is 0 Å². The molecule has 85 valence electrons. The average molecular weight is 224 g/mol. The molecule has 2 nitrogen and oxygen atoms in total. The van der Waals surface area contributed by atoms with E-state index in [1.165, 1.54) is 5.56 Å². The number of hydrogen-bond donors (Lipinski definition) is 0. The van der Waals surface area contributed by atoms with Crippen molar-refractivity contribution >= 4 is 5.91 Å². The van der Waals surface area contributed by atoms with Crippen LogP contribution in [0.2, 0.25) is 0 Å². The van der Waals surface area contributed by atoms with E-state index in [-0.39, 0.29) is 5.91 Å². The summed E-state index contributed by atoms with van der Waals surface area (Å²) in [6.45, 7) is 0.539. The van der Waals surface area contributed by atoms with Crippen LogP contribution < -0.4 is 5.32 Å². The number of rotatable bonds is 4. The number of hydrogen-bond acceptors (Lipinski definition) is 1. The topological polar surface area (TPSA) is 31.2 Å². The summed E-state index contributed by atoms with van der Waals surface area (Å²) in [5, 5.41) is 4.05. The van der Waals surface area contributed by atoms with Gasteiger partial charge in [-0.25, -0.2) is 5.32 Å². The molecule has 0 N–H and O–H groups in total. The normalized spacial score (nSPS) is 9.88. The first-order chi connectivity index (χ1) is 8.36. The highest BCUT2D eigenvalue weighted by Gasteiger charge is 2.04. The molecule has 0 bridgehead atoms. The molecule has 1 radical (unpaired) electrons. The van der Waals surface area contributed by atoms with E-state index in [1.54, 1.807) is 12.1 Å². The third-order valence-corrected chi connectivity index (χ3v) is 2.52. The van der Waals surface area contributed by atoms with Gasteiger partial charge in [0.05, 0.1) is 0 Å². The summed E-state index contributed by atoms with van der Waals surface area (Å²) in [6, 6.07) is 19.2. The van der Waals surface area contributed by atoms with Gasteiger partial charge in [-0.3, -0.25) is 4.79 Å². The van der Waals surface area contributed by atoms with Crippen LogP contribution in [0.5, 0.6) is 0 Å². The quantitative estimate of drug-likeness (QED) is 0.785. The van der Waals surface area contributed by atoms with Crippen LogP contribution in [0.3, 0.4) is 0 Å². The molecule has 1 amide bonds. The van der Waals surface area contributed by atoms with Crippen LogP contribution in [0.15, 0.2) is 60.7 Å².